The van der Waals surface area contributed by atoms with E-state index in [0.29, 0.717) is 13.0 Å². The monoisotopic (exact) mass is 383 g/mol. The van der Waals surface area contributed by atoms with E-state index in [1.807, 2.05) is 24.3 Å². The van der Waals surface area contributed by atoms with E-state index in [0.717, 1.165) is 12.1 Å². The molecular formula is C25H25N3O. The fourth-order valence-corrected chi connectivity index (χ4v) is 3.88. The Morgan fingerprint density at radius 1 is 1.00 bits per heavy atom. The van der Waals surface area contributed by atoms with Gasteiger partial charge in [0.1, 0.15) is 0 Å². The number of nitrogens with zero attached hydrogens (tertiary/aromatic N) is 2. The van der Waals surface area contributed by atoms with Gasteiger partial charge in [-0.15, -0.1) is 0 Å². The first-order chi connectivity index (χ1) is 14.2. The topological polar surface area (TPSA) is 46.9 Å². The van der Waals surface area contributed by atoms with Crippen LogP contribution in [0, 0.1) is 0 Å². The molecular weight excluding hydrogens is 358 g/mol. The van der Waals surface area contributed by atoms with Crippen molar-refractivity contribution in [3.05, 3.63) is 102 Å². The van der Waals surface area contributed by atoms with Gasteiger partial charge in [-0.1, -0.05) is 54.6 Å². The smallest absolute Gasteiger partial charge is 0.220 e. The molecule has 1 unspecified atom stereocenters. The van der Waals surface area contributed by atoms with Gasteiger partial charge in [-0.25, -0.2) is 0 Å². The predicted octanol–water partition coefficient (Wildman–Crippen LogP) is 4.61. The quantitative estimate of drug-likeness (QED) is 0.507. The maximum absolute atomic E-state index is 12.8. The summed E-state index contributed by atoms with van der Waals surface area (Å²) in [6.45, 7) is 0.452. The Kier molecular flexibility index (Phi) is 5.71. The lowest BCUT2D eigenvalue weighted by atomic mass is 9.88. The summed E-state index contributed by atoms with van der Waals surface area (Å²) in [6.07, 6.45) is 5.18. The third-order valence-corrected chi connectivity index (χ3v) is 5.32. The van der Waals surface area contributed by atoms with Crippen LogP contribution in [0.2, 0.25) is 0 Å². The maximum atomic E-state index is 12.8. The molecule has 0 bridgehead atoms. The van der Waals surface area contributed by atoms with Crippen molar-refractivity contribution in [2.24, 2.45) is 7.05 Å². The molecule has 0 fully saturated rings. The molecule has 1 N–H and O–H groups in total. The van der Waals surface area contributed by atoms with Crippen LogP contribution in [0.1, 0.15) is 29.2 Å². The normalized spacial score (nSPS) is 12.0. The van der Waals surface area contributed by atoms with Gasteiger partial charge in [-0.3, -0.25) is 9.78 Å². The number of amides is 1. The van der Waals surface area contributed by atoms with Crippen LogP contribution >= 0.6 is 0 Å². The van der Waals surface area contributed by atoms with E-state index in [-0.39, 0.29) is 11.8 Å². The second-order valence-corrected chi connectivity index (χ2v) is 7.40. The van der Waals surface area contributed by atoms with Crippen LogP contribution in [-0.4, -0.2) is 15.5 Å². The van der Waals surface area contributed by atoms with E-state index in [1.54, 1.807) is 6.20 Å². The lowest BCUT2D eigenvalue weighted by Gasteiger charge is -2.17. The number of hydrogen-bond acceptors (Lipinski definition) is 2. The Morgan fingerprint density at radius 3 is 2.55 bits per heavy atom. The maximum Gasteiger partial charge on any atom is 0.220 e. The van der Waals surface area contributed by atoms with Crippen LogP contribution in [0.25, 0.3) is 10.9 Å². The molecule has 1 atom stereocenters. The van der Waals surface area contributed by atoms with Gasteiger partial charge < -0.3 is 9.88 Å². The number of pyridine rings is 1. The number of benzene rings is 2. The van der Waals surface area contributed by atoms with Crippen molar-refractivity contribution in [1.29, 1.82) is 0 Å². The first kappa shape index (κ1) is 18.9. The zero-order chi connectivity index (χ0) is 20.1. The first-order valence-corrected chi connectivity index (χ1v) is 9.95. The van der Waals surface area contributed by atoms with Gasteiger partial charge in [-0.2, -0.15) is 0 Å². The van der Waals surface area contributed by atoms with Crippen LogP contribution in [0.3, 0.4) is 0 Å². The molecule has 2 aromatic carbocycles. The van der Waals surface area contributed by atoms with Gasteiger partial charge in [0.05, 0.1) is 12.2 Å². The molecule has 0 aliphatic heterocycles. The summed E-state index contributed by atoms with van der Waals surface area (Å²) >= 11 is 0. The molecule has 1 amide bonds. The minimum atomic E-state index is 0.0459. The van der Waals surface area contributed by atoms with Crippen LogP contribution in [0.15, 0.2) is 85.2 Å². The molecule has 0 saturated carbocycles. The Bertz CT molecular complexity index is 1090. The second kappa shape index (κ2) is 8.74. The largest absolute Gasteiger partial charge is 0.350 e. The zero-order valence-corrected chi connectivity index (χ0v) is 16.6. The number of aryl methyl sites for hydroxylation is 1. The highest BCUT2D eigenvalue weighted by Gasteiger charge is 2.21. The van der Waals surface area contributed by atoms with E-state index in [1.165, 1.54) is 22.0 Å². The standard InChI is InChI=1S/C25H25N3O/c1-28-18-23(22-12-5-6-13-24(22)28)20(15-19-9-3-2-4-10-19)16-25(29)27-17-21-11-7-8-14-26-21/h2-14,18,20H,15-17H2,1H3,(H,27,29). The molecule has 0 aliphatic rings. The Balaban J connectivity index is 1.57. The van der Waals surface area contributed by atoms with E-state index in [9.17, 15) is 4.79 Å². The van der Waals surface area contributed by atoms with E-state index in [4.69, 9.17) is 0 Å². The van der Waals surface area contributed by atoms with Crippen LogP contribution in [0.5, 0.6) is 0 Å². The Hall–Kier alpha value is -3.40. The van der Waals surface area contributed by atoms with Crippen molar-refractivity contribution in [3.8, 4) is 0 Å². The zero-order valence-electron chi connectivity index (χ0n) is 16.6. The van der Waals surface area contributed by atoms with E-state index < -0.39 is 0 Å². The Labute approximate surface area is 171 Å². The third kappa shape index (κ3) is 4.54. The average Bonchev–Trinajstić information content (AvgIpc) is 3.10. The molecule has 0 spiro atoms. The first-order valence-electron chi connectivity index (χ1n) is 9.95. The highest BCUT2D eigenvalue weighted by atomic mass is 16.1. The molecule has 2 heterocycles. The van der Waals surface area contributed by atoms with Gasteiger partial charge >= 0.3 is 0 Å². The lowest BCUT2D eigenvalue weighted by molar-refractivity contribution is -0.121. The van der Waals surface area contributed by atoms with Crippen molar-refractivity contribution in [1.82, 2.24) is 14.9 Å². The third-order valence-electron chi connectivity index (χ3n) is 5.32. The molecule has 0 radical (unpaired) electrons. The number of nitrogens with one attached hydrogen (secondary N) is 1. The average molecular weight is 383 g/mol. The molecule has 4 rings (SSSR count). The SMILES string of the molecule is Cn1cc(C(CC(=O)NCc2ccccn2)Cc2ccccc2)c2ccccc21. The van der Waals surface area contributed by atoms with Crippen molar-refractivity contribution in [3.63, 3.8) is 0 Å². The highest BCUT2D eigenvalue weighted by molar-refractivity contribution is 5.86. The molecule has 0 aliphatic carbocycles. The summed E-state index contributed by atoms with van der Waals surface area (Å²) in [5.41, 5.74) is 4.52. The number of hydrogen-bond donors (Lipinski definition) is 1. The lowest BCUT2D eigenvalue weighted by Crippen LogP contribution is -2.25. The summed E-state index contributed by atoms with van der Waals surface area (Å²) in [6, 6.07) is 24.5. The minimum absolute atomic E-state index is 0.0459. The molecule has 146 valence electrons. The second-order valence-electron chi connectivity index (χ2n) is 7.40. The van der Waals surface area contributed by atoms with Gasteiger partial charge in [0, 0.05) is 36.8 Å². The fraction of sp³-hybridized carbons (Fsp3) is 0.200. The summed E-state index contributed by atoms with van der Waals surface area (Å²) < 4.78 is 2.15. The van der Waals surface area contributed by atoms with Gasteiger partial charge in [0.25, 0.3) is 0 Å². The number of carbonyl (C=O) groups is 1. The number of fused-ring (bicyclic) bond motifs is 1. The number of carbonyl (C=O) groups excluding carboxylic acids is 1. The molecule has 29 heavy (non-hydrogen) atoms. The molecule has 2 aromatic heterocycles. The van der Waals surface area contributed by atoms with E-state index in [2.05, 4.69) is 76.6 Å². The van der Waals surface area contributed by atoms with Crippen molar-refractivity contribution < 1.29 is 4.79 Å². The summed E-state index contributed by atoms with van der Waals surface area (Å²) in [5.74, 6) is 0.150. The van der Waals surface area contributed by atoms with Crippen molar-refractivity contribution >= 4 is 16.8 Å². The number of para-hydroxylation sites is 1. The van der Waals surface area contributed by atoms with Gasteiger partial charge in [0.15, 0.2) is 0 Å². The number of aromatic nitrogens is 2. The van der Waals surface area contributed by atoms with Crippen LogP contribution < -0.4 is 5.32 Å². The van der Waals surface area contributed by atoms with Crippen molar-refractivity contribution in [2.75, 3.05) is 0 Å². The summed E-state index contributed by atoms with van der Waals surface area (Å²) in [7, 11) is 2.06. The minimum Gasteiger partial charge on any atom is -0.350 e. The van der Waals surface area contributed by atoms with Crippen LogP contribution in [0.4, 0.5) is 0 Å². The van der Waals surface area contributed by atoms with Crippen molar-refractivity contribution in [2.45, 2.75) is 25.3 Å². The van der Waals surface area contributed by atoms with Crippen LogP contribution in [-0.2, 0) is 24.8 Å². The van der Waals surface area contributed by atoms with Gasteiger partial charge in [-0.05, 0) is 41.7 Å². The molecule has 0 saturated heterocycles. The van der Waals surface area contributed by atoms with E-state index >= 15 is 0 Å². The van der Waals surface area contributed by atoms with Gasteiger partial charge in [0.2, 0.25) is 5.91 Å². The fourth-order valence-electron chi connectivity index (χ4n) is 3.88. The summed E-state index contributed by atoms with van der Waals surface area (Å²) in [4.78, 5) is 17.1. The Morgan fingerprint density at radius 2 is 1.76 bits per heavy atom. The molecule has 4 nitrogen and oxygen atoms in total. The molecule has 4 aromatic rings. The highest BCUT2D eigenvalue weighted by Crippen LogP contribution is 2.32. The summed E-state index contributed by atoms with van der Waals surface area (Å²) in [5, 5.41) is 4.25. The molecule has 4 heteroatoms. The number of rotatable bonds is 7. The predicted molar refractivity (Wildman–Crippen MR) is 117 cm³/mol.